The van der Waals surface area contributed by atoms with Crippen molar-refractivity contribution in [1.82, 2.24) is 0 Å². The van der Waals surface area contributed by atoms with E-state index in [1.165, 1.54) is 96.3 Å². The van der Waals surface area contributed by atoms with Crippen molar-refractivity contribution >= 4 is 39.5 Å². The minimum absolute atomic E-state index is 0.103. The van der Waals surface area contributed by atoms with Gasteiger partial charge >= 0.3 is 39.5 Å². The average molecular weight is 1200 g/mol. The Hall–Kier alpha value is -1.94. The van der Waals surface area contributed by atoms with Crippen LogP contribution in [0.1, 0.15) is 305 Å². The van der Waals surface area contributed by atoms with Gasteiger partial charge in [0.15, 0.2) is 12.2 Å². The first-order valence-electron chi connectivity index (χ1n) is 32.5. The Kier molecular flexibility index (Phi) is 53.4. The third-order valence-corrected chi connectivity index (χ3v) is 16.1. The first-order valence-corrected chi connectivity index (χ1v) is 35.5. The number of esters is 4. The molecule has 17 nitrogen and oxygen atoms in total. The molecule has 19 heteroatoms. The number of rotatable bonds is 61. The van der Waals surface area contributed by atoms with Crippen LogP contribution in [0.2, 0.25) is 0 Å². The molecule has 0 spiro atoms. The van der Waals surface area contributed by atoms with Crippen LogP contribution in [0.15, 0.2) is 0 Å². The van der Waals surface area contributed by atoms with Gasteiger partial charge < -0.3 is 33.8 Å². The molecule has 2 unspecified atom stereocenters. The molecular weight excluding hydrogens is 1080 g/mol. The first kappa shape index (κ1) is 79.1. The van der Waals surface area contributed by atoms with Crippen LogP contribution in [0.25, 0.3) is 0 Å². The van der Waals surface area contributed by atoms with Gasteiger partial charge in [-0.3, -0.25) is 37.3 Å². The van der Waals surface area contributed by atoms with Crippen molar-refractivity contribution < 1.29 is 80.2 Å². The molecule has 0 heterocycles. The molecule has 0 aromatic heterocycles. The number of phosphoric acid groups is 2. The molecule has 0 saturated heterocycles. The summed E-state index contributed by atoms with van der Waals surface area (Å²) in [5, 5.41) is 10.5. The van der Waals surface area contributed by atoms with E-state index in [9.17, 15) is 43.2 Å². The summed E-state index contributed by atoms with van der Waals surface area (Å²) in [5.74, 6) is -0.633. The summed E-state index contributed by atoms with van der Waals surface area (Å²) in [6, 6.07) is 0. The highest BCUT2D eigenvalue weighted by Crippen LogP contribution is 2.45. The summed E-state index contributed by atoms with van der Waals surface area (Å²) in [6.07, 6.45) is 36.5. The highest BCUT2D eigenvalue weighted by molar-refractivity contribution is 7.47. The van der Waals surface area contributed by atoms with Crippen LogP contribution in [0.3, 0.4) is 0 Å². The highest BCUT2D eigenvalue weighted by atomic mass is 31.2. The summed E-state index contributed by atoms with van der Waals surface area (Å²) < 4.78 is 67.7. The van der Waals surface area contributed by atoms with E-state index >= 15 is 0 Å². The van der Waals surface area contributed by atoms with E-state index in [1.807, 2.05) is 0 Å². The zero-order valence-corrected chi connectivity index (χ0v) is 53.9. The Morgan fingerprint density at radius 3 is 0.840 bits per heavy atom. The lowest BCUT2D eigenvalue weighted by Gasteiger charge is -2.21. The van der Waals surface area contributed by atoms with Gasteiger partial charge in [0.2, 0.25) is 0 Å². The largest absolute Gasteiger partial charge is 0.472 e. The van der Waals surface area contributed by atoms with Crippen LogP contribution in [-0.4, -0.2) is 96.7 Å². The standard InChI is InChI=1S/C62H120O17P2/c1-7-9-11-13-24-32-38-44-59(64)72-50-57(78-61(66)46-40-34-25-14-12-10-8-2)52-76-80(68,69)74-48-56(63)49-75-81(70,71)77-53-58(51-73-60(65)45-39-33-28-23-22-27-31-37-43-55(5)6)79-62(67)47-41-35-29-21-19-17-15-16-18-20-26-30-36-42-54(3)4/h54-58,63H,7-53H2,1-6H3,(H,68,69)(H,70,71)/t56-,57+,58+/m0/s1. The molecule has 0 aliphatic rings. The van der Waals surface area contributed by atoms with Crippen molar-refractivity contribution in [2.75, 3.05) is 39.6 Å². The molecule has 81 heavy (non-hydrogen) atoms. The quantitative estimate of drug-likeness (QED) is 0.0222. The van der Waals surface area contributed by atoms with Gasteiger partial charge in [0.25, 0.3) is 0 Å². The van der Waals surface area contributed by atoms with Crippen molar-refractivity contribution in [3.63, 3.8) is 0 Å². The Labute approximate surface area is 492 Å². The molecule has 0 rings (SSSR count). The molecule has 0 fully saturated rings. The van der Waals surface area contributed by atoms with Crippen LogP contribution < -0.4 is 0 Å². The molecule has 0 bridgehead atoms. The predicted octanol–water partition coefficient (Wildman–Crippen LogP) is 16.9. The van der Waals surface area contributed by atoms with Crippen molar-refractivity contribution in [2.45, 2.75) is 323 Å². The van der Waals surface area contributed by atoms with Crippen LogP contribution >= 0.6 is 15.6 Å². The average Bonchev–Trinajstić information content (AvgIpc) is 3.42. The maximum absolute atomic E-state index is 13.0. The normalized spacial score (nSPS) is 14.4. The fourth-order valence-electron chi connectivity index (χ4n) is 9.18. The number of hydrogen-bond acceptors (Lipinski definition) is 15. The monoisotopic (exact) mass is 1200 g/mol. The van der Waals surface area contributed by atoms with Gasteiger partial charge in [-0.15, -0.1) is 0 Å². The number of ether oxygens (including phenoxy) is 4. The minimum Gasteiger partial charge on any atom is -0.462 e. The Balaban J connectivity index is 5.17. The second-order valence-electron chi connectivity index (χ2n) is 23.4. The maximum Gasteiger partial charge on any atom is 0.472 e. The zero-order valence-electron chi connectivity index (χ0n) is 52.1. The summed E-state index contributed by atoms with van der Waals surface area (Å²) in [5.41, 5.74) is 0. The zero-order chi connectivity index (χ0) is 60.1. The third kappa shape index (κ3) is 56.9. The first-order chi connectivity index (χ1) is 38.9. The molecule has 0 saturated carbocycles. The Bertz CT molecular complexity index is 1600. The second kappa shape index (κ2) is 54.7. The van der Waals surface area contributed by atoms with Gasteiger partial charge in [0.1, 0.15) is 19.3 Å². The Morgan fingerprint density at radius 1 is 0.333 bits per heavy atom. The van der Waals surface area contributed by atoms with Crippen molar-refractivity contribution in [3.05, 3.63) is 0 Å². The fraction of sp³-hybridized carbons (Fsp3) is 0.935. The smallest absolute Gasteiger partial charge is 0.462 e. The van der Waals surface area contributed by atoms with Gasteiger partial charge in [0, 0.05) is 25.7 Å². The molecule has 0 aliphatic carbocycles. The molecule has 5 atom stereocenters. The van der Waals surface area contributed by atoms with E-state index in [2.05, 4.69) is 41.5 Å². The third-order valence-electron chi connectivity index (χ3n) is 14.2. The second-order valence-corrected chi connectivity index (χ2v) is 26.3. The van der Waals surface area contributed by atoms with E-state index in [1.54, 1.807) is 0 Å². The minimum atomic E-state index is -4.94. The molecule has 0 aromatic carbocycles. The van der Waals surface area contributed by atoms with Crippen LogP contribution in [-0.2, 0) is 65.4 Å². The lowest BCUT2D eigenvalue weighted by molar-refractivity contribution is -0.161. The number of phosphoric ester groups is 2. The molecule has 0 aromatic rings. The Morgan fingerprint density at radius 2 is 0.568 bits per heavy atom. The molecule has 0 amide bonds. The molecule has 0 aliphatic heterocycles. The van der Waals surface area contributed by atoms with Crippen molar-refractivity contribution in [1.29, 1.82) is 0 Å². The summed E-state index contributed by atoms with van der Waals surface area (Å²) in [4.78, 5) is 71.9. The van der Waals surface area contributed by atoms with Gasteiger partial charge in [-0.25, -0.2) is 9.13 Å². The maximum atomic E-state index is 13.0. The SMILES string of the molecule is CCCCCCCCCC(=O)OC[C@H](COP(=O)(O)OC[C@H](O)COP(=O)(O)OC[C@@H](COC(=O)CCCCCCCCCCC(C)C)OC(=O)CCCCCCCCCCCCCCCC(C)C)OC(=O)CCCCCCCCC. The van der Waals surface area contributed by atoms with Crippen LogP contribution in [0, 0.1) is 11.8 Å². The van der Waals surface area contributed by atoms with Gasteiger partial charge in [0.05, 0.1) is 26.4 Å². The lowest BCUT2D eigenvalue weighted by Crippen LogP contribution is -2.30. The number of aliphatic hydroxyl groups is 1. The van der Waals surface area contributed by atoms with Crippen LogP contribution in [0.4, 0.5) is 0 Å². The number of carbonyl (C=O) groups is 4. The summed E-state index contributed by atoms with van der Waals surface area (Å²) >= 11 is 0. The molecule has 3 N–H and O–H groups in total. The number of unbranched alkanes of at least 4 members (excludes halogenated alkanes) is 31. The molecule has 0 radical (unpaired) electrons. The van der Waals surface area contributed by atoms with Crippen LogP contribution in [0.5, 0.6) is 0 Å². The van der Waals surface area contributed by atoms with E-state index < -0.39 is 97.5 Å². The van der Waals surface area contributed by atoms with Gasteiger partial charge in [-0.1, -0.05) is 253 Å². The van der Waals surface area contributed by atoms with Crippen molar-refractivity contribution in [2.24, 2.45) is 11.8 Å². The summed E-state index contributed by atoms with van der Waals surface area (Å²) in [7, 11) is -9.87. The molecule has 480 valence electrons. The number of carbonyl (C=O) groups excluding carboxylic acids is 4. The van der Waals surface area contributed by atoms with E-state index in [4.69, 9.17) is 37.0 Å². The molecular formula is C62H120O17P2. The van der Waals surface area contributed by atoms with E-state index in [-0.39, 0.29) is 25.7 Å². The fourth-order valence-corrected chi connectivity index (χ4v) is 10.8. The highest BCUT2D eigenvalue weighted by Gasteiger charge is 2.30. The number of aliphatic hydroxyl groups excluding tert-OH is 1. The number of hydrogen-bond donors (Lipinski definition) is 3. The van der Waals surface area contributed by atoms with E-state index in [0.29, 0.717) is 25.7 Å². The van der Waals surface area contributed by atoms with Gasteiger partial charge in [-0.05, 0) is 37.5 Å². The van der Waals surface area contributed by atoms with Crippen molar-refractivity contribution in [3.8, 4) is 0 Å². The lowest BCUT2D eigenvalue weighted by atomic mass is 10.0. The van der Waals surface area contributed by atoms with Gasteiger partial charge in [-0.2, -0.15) is 0 Å². The summed E-state index contributed by atoms with van der Waals surface area (Å²) in [6.45, 7) is 9.38. The van der Waals surface area contributed by atoms with E-state index in [0.717, 1.165) is 127 Å². The predicted molar refractivity (Wildman–Crippen MR) is 321 cm³/mol. The topological polar surface area (TPSA) is 237 Å².